The topological polar surface area (TPSA) is 76.7 Å². The predicted octanol–water partition coefficient (Wildman–Crippen LogP) is 3.36. The Morgan fingerprint density at radius 3 is 2.58 bits per heavy atom. The summed E-state index contributed by atoms with van der Waals surface area (Å²) in [7, 11) is 1.62. The number of methoxy groups -OCH3 is 1. The molecule has 0 aliphatic heterocycles. The summed E-state index contributed by atoms with van der Waals surface area (Å²) in [6.07, 6.45) is 1.64. The Kier molecular flexibility index (Phi) is 4.20. The van der Waals surface area contributed by atoms with E-state index in [1.165, 1.54) is 0 Å². The van der Waals surface area contributed by atoms with Crippen LogP contribution in [0.5, 0.6) is 5.75 Å². The van der Waals surface area contributed by atoms with E-state index in [4.69, 9.17) is 4.74 Å². The zero-order valence-electron chi connectivity index (χ0n) is 13.9. The molecule has 6 nitrogen and oxygen atoms in total. The van der Waals surface area contributed by atoms with Gasteiger partial charge in [-0.3, -0.25) is 0 Å². The van der Waals surface area contributed by atoms with Crippen molar-refractivity contribution in [2.24, 2.45) is 0 Å². The molecule has 0 saturated carbocycles. The molecule has 3 rings (SSSR count). The van der Waals surface area contributed by atoms with Crippen LogP contribution in [0.4, 0.5) is 0 Å². The molecule has 0 radical (unpaired) electrons. The van der Waals surface area contributed by atoms with Gasteiger partial charge in [0.05, 0.1) is 12.8 Å². The van der Waals surface area contributed by atoms with Crippen molar-refractivity contribution in [2.75, 3.05) is 7.11 Å². The van der Waals surface area contributed by atoms with Crippen LogP contribution in [0.15, 0.2) is 30.3 Å². The summed E-state index contributed by atoms with van der Waals surface area (Å²) >= 11 is 0. The number of carbonyl (C=O) groups is 1. The first-order chi connectivity index (χ1) is 11.5. The second-order valence-corrected chi connectivity index (χ2v) is 5.61. The maximum absolute atomic E-state index is 11.4. The minimum atomic E-state index is -1.03. The lowest BCUT2D eigenvalue weighted by Crippen LogP contribution is -2.07. The van der Waals surface area contributed by atoms with Crippen LogP contribution in [-0.2, 0) is 6.42 Å². The monoisotopic (exact) mass is 325 g/mol. The Hall–Kier alpha value is -2.89. The summed E-state index contributed by atoms with van der Waals surface area (Å²) < 4.78 is 6.95. The van der Waals surface area contributed by atoms with Crippen LogP contribution in [0, 0.1) is 6.92 Å². The van der Waals surface area contributed by atoms with Gasteiger partial charge >= 0.3 is 5.97 Å². The molecule has 0 atom stereocenters. The van der Waals surface area contributed by atoms with E-state index in [-0.39, 0.29) is 5.69 Å². The number of carboxylic acids is 1. The number of rotatable bonds is 5. The minimum Gasteiger partial charge on any atom is -0.497 e. The van der Waals surface area contributed by atoms with Crippen molar-refractivity contribution in [1.29, 1.82) is 0 Å². The van der Waals surface area contributed by atoms with E-state index in [9.17, 15) is 9.90 Å². The number of nitrogens with zero attached hydrogens (tertiary/aromatic N) is 3. The van der Waals surface area contributed by atoms with Gasteiger partial charge in [0.15, 0.2) is 11.3 Å². The van der Waals surface area contributed by atoms with Crippen LogP contribution >= 0.6 is 0 Å². The zero-order valence-corrected chi connectivity index (χ0v) is 13.9. The summed E-state index contributed by atoms with van der Waals surface area (Å²) in [5.41, 5.74) is 4.05. The first-order valence-electron chi connectivity index (χ1n) is 7.82. The number of carboxylic acid groups (broad SMARTS) is 1. The Bertz CT molecular complexity index is 898. The first kappa shape index (κ1) is 16.0. The van der Waals surface area contributed by atoms with Gasteiger partial charge in [-0.1, -0.05) is 25.5 Å². The third-order valence-corrected chi connectivity index (χ3v) is 3.94. The molecule has 2 heterocycles. The van der Waals surface area contributed by atoms with E-state index in [2.05, 4.69) is 10.1 Å². The molecular weight excluding hydrogens is 306 g/mol. The van der Waals surface area contributed by atoms with Gasteiger partial charge in [-0.2, -0.15) is 5.10 Å². The standard InChI is InChI=1S/C18H19N3O3/c1-4-5-13-10-15(18(22)23)19-17-16(11(2)20-21(13)17)12-6-8-14(24-3)9-7-12/h6-10H,4-5H2,1-3H3,(H,22,23). The molecule has 1 aromatic carbocycles. The van der Waals surface area contributed by atoms with E-state index < -0.39 is 5.97 Å². The lowest BCUT2D eigenvalue weighted by molar-refractivity contribution is 0.0690. The highest BCUT2D eigenvalue weighted by molar-refractivity contribution is 5.88. The third-order valence-electron chi connectivity index (χ3n) is 3.94. The van der Waals surface area contributed by atoms with Crippen molar-refractivity contribution < 1.29 is 14.6 Å². The number of benzene rings is 1. The summed E-state index contributed by atoms with van der Waals surface area (Å²) in [5, 5.41) is 13.9. The van der Waals surface area contributed by atoms with Gasteiger partial charge in [0.2, 0.25) is 0 Å². The van der Waals surface area contributed by atoms with Crippen LogP contribution in [0.2, 0.25) is 0 Å². The normalized spacial score (nSPS) is 11.0. The van der Waals surface area contributed by atoms with Crippen molar-refractivity contribution >= 4 is 11.6 Å². The molecule has 0 unspecified atom stereocenters. The molecule has 0 fully saturated rings. The Labute approximate surface area is 139 Å². The molecule has 124 valence electrons. The molecule has 0 aliphatic rings. The Morgan fingerprint density at radius 1 is 1.29 bits per heavy atom. The molecule has 2 aromatic heterocycles. The van der Waals surface area contributed by atoms with E-state index in [1.807, 2.05) is 38.1 Å². The van der Waals surface area contributed by atoms with Crippen molar-refractivity contribution in [3.63, 3.8) is 0 Å². The highest BCUT2D eigenvalue weighted by atomic mass is 16.5. The van der Waals surface area contributed by atoms with Gasteiger partial charge in [0, 0.05) is 11.3 Å². The molecule has 0 aliphatic carbocycles. The first-order valence-corrected chi connectivity index (χ1v) is 7.82. The van der Waals surface area contributed by atoms with Crippen molar-refractivity contribution in [1.82, 2.24) is 14.6 Å². The largest absolute Gasteiger partial charge is 0.497 e. The van der Waals surface area contributed by atoms with Gasteiger partial charge in [0.25, 0.3) is 0 Å². The van der Waals surface area contributed by atoms with E-state index >= 15 is 0 Å². The molecule has 0 bridgehead atoms. The number of hydrogen-bond donors (Lipinski definition) is 1. The molecule has 0 spiro atoms. The average molecular weight is 325 g/mol. The van der Waals surface area contributed by atoms with Crippen molar-refractivity contribution in [3.8, 4) is 16.9 Å². The molecule has 1 N–H and O–H groups in total. The SMILES string of the molecule is CCCc1cc(C(=O)O)nc2c(-c3ccc(OC)cc3)c(C)nn12. The Morgan fingerprint density at radius 2 is 2.00 bits per heavy atom. The van der Waals surface area contributed by atoms with Crippen LogP contribution in [-0.4, -0.2) is 32.8 Å². The lowest BCUT2D eigenvalue weighted by atomic mass is 10.1. The molecule has 0 amide bonds. The number of ether oxygens (including phenoxy) is 1. The highest BCUT2D eigenvalue weighted by Gasteiger charge is 2.18. The van der Waals surface area contributed by atoms with Crippen LogP contribution in [0.25, 0.3) is 16.8 Å². The maximum atomic E-state index is 11.4. The molecule has 6 heteroatoms. The van der Waals surface area contributed by atoms with E-state index in [0.717, 1.165) is 41.1 Å². The average Bonchev–Trinajstić information content (AvgIpc) is 2.91. The lowest BCUT2D eigenvalue weighted by Gasteiger charge is -2.06. The predicted molar refractivity (Wildman–Crippen MR) is 90.7 cm³/mol. The van der Waals surface area contributed by atoms with Gasteiger partial charge in [0.1, 0.15) is 5.75 Å². The minimum absolute atomic E-state index is 0.0422. The highest BCUT2D eigenvalue weighted by Crippen LogP contribution is 2.29. The second kappa shape index (κ2) is 6.31. The van der Waals surface area contributed by atoms with Crippen molar-refractivity contribution in [3.05, 3.63) is 47.4 Å². The summed E-state index contributed by atoms with van der Waals surface area (Å²) in [6, 6.07) is 9.19. The number of fused-ring (bicyclic) bond motifs is 1. The summed E-state index contributed by atoms with van der Waals surface area (Å²) in [4.78, 5) is 15.8. The fourth-order valence-electron chi connectivity index (χ4n) is 2.82. The smallest absolute Gasteiger partial charge is 0.354 e. The van der Waals surface area contributed by atoms with Gasteiger partial charge < -0.3 is 9.84 Å². The van der Waals surface area contributed by atoms with Crippen LogP contribution in [0.3, 0.4) is 0 Å². The second-order valence-electron chi connectivity index (χ2n) is 5.61. The fourth-order valence-corrected chi connectivity index (χ4v) is 2.82. The number of hydrogen-bond acceptors (Lipinski definition) is 4. The quantitative estimate of drug-likeness (QED) is 0.778. The Balaban J connectivity index is 2.26. The summed E-state index contributed by atoms with van der Waals surface area (Å²) in [5.74, 6) is -0.270. The van der Waals surface area contributed by atoms with E-state index in [0.29, 0.717) is 5.65 Å². The zero-order chi connectivity index (χ0) is 17.3. The number of aromatic nitrogens is 3. The molecule has 0 saturated heterocycles. The van der Waals surface area contributed by atoms with Crippen LogP contribution in [0.1, 0.15) is 35.2 Å². The summed E-state index contributed by atoms with van der Waals surface area (Å²) in [6.45, 7) is 3.96. The number of aryl methyl sites for hydroxylation is 2. The van der Waals surface area contributed by atoms with Gasteiger partial charge in [-0.25, -0.2) is 14.3 Å². The molecule has 24 heavy (non-hydrogen) atoms. The van der Waals surface area contributed by atoms with Crippen LogP contribution < -0.4 is 4.74 Å². The van der Waals surface area contributed by atoms with Gasteiger partial charge in [-0.15, -0.1) is 0 Å². The third kappa shape index (κ3) is 2.71. The van der Waals surface area contributed by atoms with Gasteiger partial charge in [-0.05, 0) is 37.1 Å². The fraction of sp³-hybridized carbons (Fsp3) is 0.278. The molecular formula is C18H19N3O3. The van der Waals surface area contributed by atoms with E-state index in [1.54, 1.807) is 17.7 Å². The van der Waals surface area contributed by atoms with Crippen molar-refractivity contribution in [2.45, 2.75) is 26.7 Å². The molecule has 3 aromatic rings. The maximum Gasteiger partial charge on any atom is 0.354 e. The number of aromatic carboxylic acids is 1.